The molecular weight excluding hydrogens is 229 g/mol. The van der Waals surface area contributed by atoms with Crippen LogP contribution >= 0.6 is 8.03 Å². The van der Waals surface area contributed by atoms with Gasteiger partial charge in [0, 0.05) is 19.5 Å². The first-order valence-corrected chi connectivity index (χ1v) is 6.34. The average Bonchev–Trinajstić information content (AvgIpc) is 2.15. The SMILES string of the molecule is CC(C)(C)OC(=O)N1CC=C([P+](=O)O)CC1. The molecule has 1 aliphatic heterocycles. The highest BCUT2D eigenvalue weighted by atomic mass is 31.1. The van der Waals surface area contributed by atoms with Gasteiger partial charge in [-0.15, -0.1) is 0 Å². The molecule has 0 fully saturated rings. The van der Waals surface area contributed by atoms with Crippen LogP contribution in [0.15, 0.2) is 11.4 Å². The van der Waals surface area contributed by atoms with Crippen LogP contribution in [-0.4, -0.2) is 34.6 Å². The van der Waals surface area contributed by atoms with Crippen molar-refractivity contribution < 1.29 is 19.0 Å². The summed E-state index contributed by atoms with van der Waals surface area (Å²) in [5.41, 5.74) is -0.511. The summed E-state index contributed by atoms with van der Waals surface area (Å²) in [6.45, 7) is 6.19. The highest BCUT2D eigenvalue weighted by molar-refractivity contribution is 7.43. The molecule has 5 nitrogen and oxygen atoms in total. The van der Waals surface area contributed by atoms with Crippen molar-refractivity contribution in [2.24, 2.45) is 0 Å². The number of hydrogen-bond acceptors (Lipinski definition) is 3. The van der Waals surface area contributed by atoms with Crippen LogP contribution in [0.5, 0.6) is 0 Å². The van der Waals surface area contributed by atoms with E-state index in [9.17, 15) is 9.36 Å². The van der Waals surface area contributed by atoms with Crippen LogP contribution in [0.2, 0.25) is 0 Å². The van der Waals surface area contributed by atoms with Crippen molar-refractivity contribution in [2.45, 2.75) is 32.8 Å². The topological polar surface area (TPSA) is 66.8 Å². The number of amides is 1. The molecule has 1 atom stereocenters. The molecule has 0 bridgehead atoms. The zero-order valence-electron chi connectivity index (χ0n) is 9.77. The summed E-state index contributed by atoms with van der Waals surface area (Å²) in [6.07, 6.45) is 1.67. The molecule has 6 heteroatoms. The second-order valence-corrected chi connectivity index (χ2v) is 5.77. The molecule has 0 aliphatic carbocycles. The van der Waals surface area contributed by atoms with Crippen molar-refractivity contribution in [3.63, 3.8) is 0 Å². The third-order valence-electron chi connectivity index (χ3n) is 2.08. The molecule has 90 valence electrons. The van der Waals surface area contributed by atoms with Crippen LogP contribution in [0.1, 0.15) is 27.2 Å². The predicted molar refractivity (Wildman–Crippen MR) is 60.3 cm³/mol. The molecule has 1 unspecified atom stereocenters. The van der Waals surface area contributed by atoms with Crippen molar-refractivity contribution in [3.05, 3.63) is 11.4 Å². The monoisotopic (exact) mass is 246 g/mol. The molecule has 1 heterocycles. The Morgan fingerprint density at radius 3 is 2.56 bits per heavy atom. The number of ether oxygens (including phenoxy) is 1. The second-order valence-electron chi connectivity index (χ2n) is 4.64. The first-order valence-electron chi connectivity index (χ1n) is 5.13. The normalized spacial score (nSPS) is 17.9. The standard InChI is InChI=1S/C10H16NO4P/c1-10(2,3)15-9(12)11-6-4-8(5-7-11)16(13)14/h4H,5-7H2,1-3H3/p+1. The third-order valence-corrected chi connectivity index (χ3v) is 2.98. The molecule has 0 aromatic heterocycles. The Labute approximate surface area is 95.9 Å². The number of nitrogens with zero attached hydrogens (tertiary/aromatic N) is 1. The van der Waals surface area contributed by atoms with E-state index in [1.165, 1.54) is 4.90 Å². The van der Waals surface area contributed by atoms with Gasteiger partial charge in [0.15, 0.2) is 0 Å². The fraction of sp³-hybridized carbons (Fsp3) is 0.700. The summed E-state index contributed by atoms with van der Waals surface area (Å²) in [5, 5.41) is 0.509. The molecule has 0 radical (unpaired) electrons. The van der Waals surface area contributed by atoms with Gasteiger partial charge in [0.1, 0.15) is 5.60 Å². The van der Waals surface area contributed by atoms with Crippen molar-refractivity contribution in [3.8, 4) is 0 Å². The van der Waals surface area contributed by atoms with Crippen molar-refractivity contribution in [1.82, 2.24) is 4.90 Å². The van der Waals surface area contributed by atoms with Gasteiger partial charge in [-0.2, -0.15) is 4.89 Å². The molecule has 16 heavy (non-hydrogen) atoms. The molecule has 0 saturated heterocycles. The van der Waals surface area contributed by atoms with E-state index < -0.39 is 13.6 Å². The molecule has 0 saturated carbocycles. The Morgan fingerprint density at radius 1 is 1.56 bits per heavy atom. The van der Waals surface area contributed by atoms with Crippen LogP contribution in [0, 0.1) is 0 Å². The van der Waals surface area contributed by atoms with Crippen LogP contribution in [-0.2, 0) is 9.30 Å². The van der Waals surface area contributed by atoms with E-state index in [1.54, 1.807) is 26.8 Å². The van der Waals surface area contributed by atoms with E-state index in [0.717, 1.165) is 0 Å². The van der Waals surface area contributed by atoms with Gasteiger partial charge in [-0.05, 0) is 31.4 Å². The maximum atomic E-state index is 11.6. The van der Waals surface area contributed by atoms with Gasteiger partial charge in [0.05, 0.1) is 0 Å². The number of hydrogen-bond donors (Lipinski definition) is 1. The minimum Gasteiger partial charge on any atom is -0.444 e. The zero-order chi connectivity index (χ0) is 12.3. The Kier molecular flexibility index (Phi) is 4.05. The van der Waals surface area contributed by atoms with E-state index >= 15 is 0 Å². The smallest absolute Gasteiger partial charge is 0.444 e. The minimum atomic E-state index is -2.25. The highest BCUT2D eigenvalue weighted by Gasteiger charge is 2.29. The fourth-order valence-electron chi connectivity index (χ4n) is 1.32. The first-order chi connectivity index (χ1) is 7.29. The number of rotatable bonds is 1. The molecule has 1 rings (SSSR count). The van der Waals surface area contributed by atoms with Gasteiger partial charge in [-0.25, -0.2) is 4.79 Å². The molecule has 1 N–H and O–H groups in total. The van der Waals surface area contributed by atoms with E-state index in [4.69, 9.17) is 9.63 Å². The third kappa shape index (κ3) is 3.91. The lowest BCUT2D eigenvalue weighted by molar-refractivity contribution is 0.0267. The lowest BCUT2D eigenvalue weighted by Crippen LogP contribution is -2.39. The molecule has 0 aromatic carbocycles. The first kappa shape index (κ1) is 13.1. The predicted octanol–water partition coefficient (Wildman–Crippen LogP) is 2.25. The van der Waals surface area contributed by atoms with Crippen LogP contribution in [0.4, 0.5) is 4.79 Å². The van der Waals surface area contributed by atoms with Crippen LogP contribution < -0.4 is 0 Å². The van der Waals surface area contributed by atoms with E-state index in [1.807, 2.05) is 0 Å². The van der Waals surface area contributed by atoms with Crippen LogP contribution in [0.25, 0.3) is 0 Å². The Hall–Kier alpha value is -0.930. The summed E-state index contributed by atoms with van der Waals surface area (Å²) in [5.74, 6) is 0. The van der Waals surface area contributed by atoms with Crippen LogP contribution in [0.3, 0.4) is 0 Å². The van der Waals surface area contributed by atoms with Gasteiger partial charge >= 0.3 is 14.1 Å². The highest BCUT2D eigenvalue weighted by Crippen LogP contribution is 2.32. The van der Waals surface area contributed by atoms with Gasteiger partial charge < -0.3 is 9.64 Å². The maximum absolute atomic E-state index is 11.6. The summed E-state index contributed by atoms with van der Waals surface area (Å²) >= 11 is 0. The van der Waals surface area contributed by atoms with E-state index in [2.05, 4.69) is 0 Å². The summed E-state index contributed by atoms with van der Waals surface area (Å²) in [7, 11) is -2.25. The average molecular weight is 246 g/mol. The Bertz CT molecular complexity index is 332. The van der Waals surface area contributed by atoms with Gasteiger partial charge in [-0.1, -0.05) is 0 Å². The second kappa shape index (κ2) is 4.93. The molecule has 1 aliphatic rings. The quantitative estimate of drug-likeness (QED) is 0.720. The Balaban J connectivity index is 2.54. The summed E-state index contributed by atoms with van der Waals surface area (Å²) in [6, 6.07) is 0. The molecule has 0 aromatic rings. The molecule has 0 spiro atoms. The van der Waals surface area contributed by atoms with Crippen molar-refractivity contribution in [1.29, 1.82) is 0 Å². The molecular formula is C10H17NO4P+. The minimum absolute atomic E-state index is 0.339. The fourth-order valence-corrected chi connectivity index (χ4v) is 1.85. The van der Waals surface area contributed by atoms with Gasteiger partial charge in [-0.3, -0.25) is 0 Å². The molecule has 1 amide bonds. The number of carbonyl (C=O) groups excluding carboxylic acids is 1. The lowest BCUT2D eigenvalue weighted by Gasteiger charge is -2.27. The number of carbonyl (C=O) groups is 1. The Morgan fingerprint density at radius 2 is 2.19 bits per heavy atom. The maximum Gasteiger partial charge on any atom is 0.541 e. The van der Waals surface area contributed by atoms with Gasteiger partial charge in [0.25, 0.3) is 0 Å². The summed E-state index contributed by atoms with van der Waals surface area (Å²) in [4.78, 5) is 22.0. The van der Waals surface area contributed by atoms with Crippen molar-refractivity contribution >= 4 is 14.1 Å². The van der Waals surface area contributed by atoms with Gasteiger partial charge in [0.2, 0.25) is 5.31 Å². The lowest BCUT2D eigenvalue weighted by atomic mass is 10.2. The summed E-state index contributed by atoms with van der Waals surface area (Å²) < 4.78 is 16.0. The largest absolute Gasteiger partial charge is 0.541 e. The van der Waals surface area contributed by atoms with E-state index in [-0.39, 0.29) is 6.09 Å². The van der Waals surface area contributed by atoms with E-state index in [0.29, 0.717) is 24.8 Å². The van der Waals surface area contributed by atoms with Crippen molar-refractivity contribution in [2.75, 3.05) is 13.1 Å². The zero-order valence-corrected chi connectivity index (χ0v) is 10.7.